The van der Waals surface area contributed by atoms with Crippen LogP contribution in [-0.4, -0.2) is 10.2 Å². The van der Waals surface area contributed by atoms with Gasteiger partial charge in [0.15, 0.2) is 0 Å². The van der Waals surface area contributed by atoms with E-state index in [-0.39, 0.29) is 5.56 Å². The van der Waals surface area contributed by atoms with Gasteiger partial charge in [-0.15, -0.1) is 0 Å². The van der Waals surface area contributed by atoms with Gasteiger partial charge in [-0.1, -0.05) is 27.7 Å². The Morgan fingerprint density at radius 2 is 1.47 bits per heavy atom. The van der Waals surface area contributed by atoms with Crippen LogP contribution in [0.3, 0.4) is 0 Å². The molecule has 0 amide bonds. The van der Waals surface area contributed by atoms with E-state index in [0.29, 0.717) is 11.4 Å². The van der Waals surface area contributed by atoms with Crippen LogP contribution in [0, 0.1) is 13.8 Å². The minimum Gasteiger partial charge on any atom is -0.205 e. The van der Waals surface area contributed by atoms with Gasteiger partial charge in [0.2, 0.25) is 0 Å². The summed E-state index contributed by atoms with van der Waals surface area (Å²) < 4.78 is 24.3. The van der Waals surface area contributed by atoms with Crippen molar-refractivity contribution in [1.82, 2.24) is 10.2 Å². The SMILES string of the molecule is CC.CC.Cc1cc(C(F)F)c(C)nn1. The Morgan fingerprint density at radius 3 is 1.80 bits per heavy atom. The highest BCUT2D eigenvalue weighted by Crippen LogP contribution is 2.20. The molecule has 4 heteroatoms. The van der Waals surface area contributed by atoms with Gasteiger partial charge in [0, 0.05) is 5.56 Å². The van der Waals surface area contributed by atoms with Crippen molar-refractivity contribution in [1.29, 1.82) is 0 Å². The molecule has 1 rings (SSSR count). The molecule has 0 spiro atoms. The number of aryl methyl sites for hydroxylation is 2. The van der Waals surface area contributed by atoms with Crippen molar-refractivity contribution >= 4 is 0 Å². The monoisotopic (exact) mass is 218 g/mol. The molecule has 0 radical (unpaired) electrons. The topological polar surface area (TPSA) is 25.8 Å². The number of hydrogen-bond donors (Lipinski definition) is 0. The van der Waals surface area contributed by atoms with Crippen LogP contribution in [-0.2, 0) is 0 Å². The third-order valence-corrected chi connectivity index (χ3v) is 1.37. The first-order chi connectivity index (χ1) is 7.11. The molecule has 1 aromatic rings. The van der Waals surface area contributed by atoms with Gasteiger partial charge in [0.1, 0.15) is 0 Å². The normalized spacial score (nSPS) is 8.60. The maximum atomic E-state index is 12.1. The zero-order valence-electron chi connectivity index (χ0n) is 10.3. The first-order valence-corrected chi connectivity index (χ1v) is 5.20. The average Bonchev–Trinajstić information content (AvgIpc) is 2.27. The van der Waals surface area contributed by atoms with E-state index in [2.05, 4.69) is 10.2 Å². The van der Waals surface area contributed by atoms with E-state index >= 15 is 0 Å². The fraction of sp³-hybridized carbons (Fsp3) is 0.636. The highest BCUT2D eigenvalue weighted by molar-refractivity contribution is 5.20. The number of aromatic nitrogens is 2. The van der Waals surface area contributed by atoms with Gasteiger partial charge >= 0.3 is 0 Å². The lowest BCUT2D eigenvalue weighted by Gasteiger charge is -2.02. The molecule has 1 heterocycles. The molecule has 0 aliphatic rings. The van der Waals surface area contributed by atoms with Gasteiger partial charge in [0.05, 0.1) is 11.4 Å². The quantitative estimate of drug-likeness (QED) is 0.709. The minimum atomic E-state index is -2.45. The molecular formula is C11H20F2N2. The first kappa shape index (κ1) is 16.4. The summed E-state index contributed by atoms with van der Waals surface area (Å²) in [6.45, 7) is 11.2. The van der Waals surface area contributed by atoms with Crippen LogP contribution < -0.4 is 0 Å². The van der Waals surface area contributed by atoms with Crippen molar-refractivity contribution in [3.63, 3.8) is 0 Å². The number of alkyl halides is 2. The van der Waals surface area contributed by atoms with Crippen LogP contribution in [0.1, 0.15) is 51.1 Å². The summed E-state index contributed by atoms with van der Waals surface area (Å²) >= 11 is 0. The zero-order valence-corrected chi connectivity index (χ0v) is 10.3. The molecule has 0 saturated carbocycles. The third-order valence-electron chi connectivity index (χ3n) is 1.37. The summed E-state index contributed by atoms with van der Waals surface area (Å²) in [4.78, 5) is 0. The summed E-state index contributed by atoms with van der Waals surface area (Å²) in [5.74, 6) is 0. The van der Waals surface area contributed by atoms with E-state index in [1.165, 1.54) is 13.0 Å². The lowest BCUT2D eigenvalue weighted by Crippen LogP contribution is -1.97. The standard InChI is InChI=1S/C7H8F2N2.2C2H6/c1-4-3-6(7(8)9)5(2)11-10-4;2*1-2/h3,7H,1-2H3;2*1-2H3. The molecule has 88 valence electrons. The summed E-state index contributed by atoms with van der Waals surface area (Å²) in [6, 6.07) is 1.35. The van der Waals surface area contributed by atoms with Crippen molar-refractivity contribution in [3.05, 3.63) is 23.0 Å². The number of halogens is 2. The molecule has 2 nitrogen and oxygen atoms in total. The van der Waals surface area contributed by atoms with Gasteiger partial charge in [-0.05, 0) is 19.9 Å². The van der Waals surface area contributed by atoms with Gasteiger partial charge < -0.3 is 0 Å². The average molecular weight is 218 g/mol. The van der Waals surface area contributed by atoms with E-state index in [1.54, 1.807) is 6.92 Å². The summed E-state index contributed by atoms with van der Waals surface area (Å²) in [7, 11) is 0. The summed E-state index contributed by atoms with van der Waals surface area (Å²) in [6.07, 6.45) is -2.45. The Morgan fingerprint density at radius 1 is 1.00 bits per heavy atom. The van der Waals surface area contributed by atoms with Crippen LogP contribution in [0.15, 0.2) is 6.07 Å². The molecule has 0 bridgehead atoms. The van der Waals surface area contributed by atoms with Crippen LogP contribution >= 0.6 is 0 Å². The molecule has 0 saturated heterocycles. The smallest absolute Gasteiger partial charge is 0.205 e. The molecule has 0 aromatic carbocycles. The summed E-state index contributed by atoms with van der Waals surface area (Å²) in [5.41, 5.74) is 0.786. The molecule has 0 fully saturated rings. The maximum absolute atomic E-state index is 12.1. The predicted molar refractivity (Wildman–Crippen MR) is 59.2 cm³/mol. The van der Waals surface area contributed by atoms with Crippen LogP contribution in [0.2, 0.25) is 0 Å². The van der Waals surface area contributed by atoms with Crippen molar-refractivity contribution in [2.24, 2.45) is 0 Å². The van der Waals surface area contributed by atoms with E-state index in [4.69, 9.17) is 0 Å². The molecule has 0 N–H and O–H groups in total. The van der Waals surface area contributed by atoms with Gasteiger partial charge in [-0.25, -0.2) is 8.78 Å². The Hall–Kier alpha value is -1.06. The Labute approximate surface area is 90.7 Å². The van der Waals surface area contributed by atoms with Crippen LogP contribution in [0.4, 0.5) is 8.78 Å². The second-order valence-corrected chi connectivity index (χ2v) is 2.33. The van der Waals surface area contributed by atoms with Crippen LogP contribution in [0.25, 0.3) is 0 Å². The second-order valence-electron chi connectivity index (χ2n) is 2.33. The number of nitrogens with zero attached hydrogens (tertiary/aromatic N) is 2. The molecule has 1 aromatic heterocycles. The molecule has 0 aliphatic carbocycles. The molecule has 15 heavy (non-hydrogen) atoms. The Bertz CT molecular complexity index is 263. The number of hydrogen-bond acceptors (Lipinski definition) is 2. The molecule has 0 atom stereocenters. The van der Waals surface area contributed by atoms with Crippen molar-refractivity contribution in [2.45, 2.75) is 48.0 Å². The van der Waals surface area contributed by atoms with E-state index in [9.17, 15) is 8.78 Å². The van der Waals surface area contributed by atoms with Gasteiger partial charge in [0.25, 0.3) is 6.43 Å². The molecule has 0 aliphatic heterocycles. The molecule has 0 unspecified atom stereocenters. The second kappa shape index (κ2) is 9.49. The van der Waals surface area contributed by atoms with Crippen molar-refractivity contribution in [3.8, 4) is 0 Å². The van der Waals surface area contributed by atoms with Crippen LogP contribution in [0.5, 0.6) is 0 Å². The minimum absolute atomic E-state index is 0.0301. The largest absolute Gasteiger partial charge is 0.265 e. The molecular weight excluding hydrogens is 198 g/mol. The van der Waals surface area contributed by atoms with Gasteiger partial charge in [-0.3, -0.25) is 0 Å². The van der Waals surface area contributed by atoms with E-state index in [1.807, 2.05) is 27.7 Å². The Kier molecular flexibility index (Phi) is 10.4. The first-order valence-electron chi connectivity index (χ1n) is 5.20. The number of rotatable bonds is 1. The van der Waals surface area contributed by atoms with Gasteiger partial charge in [-0.2, -0.15) is 10.2 Å². The fourth-order valence-corrected chi connectivity index (χ4v) is 0.791. The Balaban J connectivity index is 0. The predicted octanol–water partition coefficient (Wildman–Crippen LogP) is 4.08. The third kappa shape index (κ3) is 6.10. The lowest BCUT2D eigenvalue weighted by molar-refractivity contribution is 0.149. The zero-order chi connectivity index (χ0) is 12.4. The fourth-order valence-electron chi connectivity index (χ4n) is 0.791. The summed E-state index contributed by atoms with van der Waals surface area (Å²) in [5, 5.41) is 7.21. The highest BCUT2D eigenvalue weighted by Gasteiger charge is 2.11. The maximum Gasteiger partial charge on any atom is 0.265 e. The van der Waals surface area contributed by atoms with Crippen molar-refractivity contribution in [2.75, 3.05) is 0 Å². The van der Waals surface area contributed by atoms with E-state index < -0.39 is 6.43 Å². The highest BCUT2D eigenvalue weighted by atomic mass is 19.3. The van der Waals surface area contributed by atoms with E-state index in [0.717, 1.165) is 0 Å². The lowest BCUT2D eigenvalue weighted by atomic mass is 10.2. The van der Waals surface area contributed by atoms with Crippen molar-refractivity contribution < 1.29 is 8.78 Å².